The minimum Gasteiger partial charge on any atom is -0.497 e. The van der Waals surface area contributed by atoms with Crippen LogP contribution in [-0.2, 0) is 9.59 Å². The molecule has 1 heterocycles. The van der Waals surface area contributed by atoms with Crippen LogP contribution in [0.15, 0.2) is 88.8 Å². The molecule has 1 aromatic heterocycles. The van der Waals surface area contributed by atoms with Crippen LogP contribution in [0.1, 0.15) is 35.0 Å². The Morgan fingerprint density at radius 3 is 2.44 bits per heavy atom. The number of nitrogens with zero attached hydrogens (tertiary/aromatic N) is 1. The van der Waals surface area contributed by atoms with Gasteiger partial charge in [-0.3, -0.25) is 14.4 Å². The number of thioether (sulfide) groups is 1. The largest absolute Gasteiger partial charge is 0.497 e. The maximum absolute atomic E-state index is 13.6. The molecule has 1 unspecified atom stereocenters. The van der Waals surface area contributed by atoms with Gasteiger partial charge in [0.2, 0.25) is 5.91 Å². The van der Waals surface area contributed by atoms with Gasteiger partial charge in [-0.1, -0.05) is 31.2 Å². The first kappa shape index (κ1) is 31.3. The molecule has 3 amide bonds. The van der Waals surface area contributed by atoms with Crippen LogP contribution in [0.3, 0.4) is 0 Å². The van der Waals surface area contributed by atoms with Crippen molar-refractivity contribution in [1.82, 2.24) is 10.3 Å². The Labute approximate surface area is 258 Å². The second kappa shape index (κ2) is 15.0. The van der Waals surface area contributed by atoms with E-state index in [-0.39, 0.29) is 16.9 Å². The zero-order valence-corrected chi connectivity index (χ0v) is 25.8. The lowest BCUT2D eigenvalue weighted by Crippen LogP contribution is -2.30. The number of ether oxygens (including phenoxy) is 2. The number of benzene rings is 3. The van der Waals surface area contributed by atoms with Crippen LogP contribution in [0.2, 0.25) is 0 Å². The summed E-state index contributed by atoms with van der Waals surface area (Å²) in [4.78, 5) is 44.6. The van der Waals surface area contributed by atoms with Crippen LogP contribution in [0, 0.1) is 6.92 Å². The van der Waals surface area contributed by atoms with Gasteiger partial charge in [-0.25, -0.2) is 4.98 Å². The van der Waals surface area contributed by atoms with Gasteiger partial charge in [0.1, 0.15) is 17.2 Å². The number of aromatic nitrogens is 1. The fraction of sp³-hybridized carbons (Fsp3) is 0.188. The molecular weight excluding hydrogens is 585 g/mol. The van der Waals surface area contributed by atoms with Gasteiger partial charge in [0.05, 0.1) is 25.2 Å². The summed E-state index contributed by atoms with van der Waals surface area (Å²) >= 11 is 2.77. The Morgan fingerprint density at radius 2 is 1.77 bits per heavy atom. The Bertz CT molecular complexity index is 1620. The van der Waals surface area contributed by atoms with Crippen LogP contribution in [-0.4, -0.2) is 42.2 Å². The van der Waals surface area contributed by atoms with Gasteiger partial charge in [-0.05, 0) is 61.9 Å². The summed E-state index contributed by atoms with van der Waals surface area (Å²) in [7, 11) is 3.06. The highest BCUT2D eigenvalue weighted by molar-refractivity contribution is 8.00. The number of hydrogen-bond donors (Lipinski definition) is 3. The van der Waals surface area contributed by atoms with Crippen molar-refractivity contribution in [3.05, 3.63) is 101 Å². The minimum atomic E-state index is -0.534. The van der Waals surface area contributed by atoms with E-state index in [2.05, 4.69) is 20.9 Å². The lowest BCUT2D eigenvalue weighted by atomic mass is 10.1. The first-order chi connectivity index (χ1) is 20.8. The minimum absolute atomic E-state index is 0.0138. The summed E-state index contributed by atoms with van der Waals surface area (Å²) in [5.41, 5.74) is 2.34. The lowest BCUT2D eigenvalue weighted by molar-refractivity contribution is -0.116. The second-order valence-corrected chi connectivity index (χ2v) is 11.4. The third-order valence-electron chi connectivity index (χ3n) is 6.15. The molecule has 1 atom stereocenters. The second-order valence-electron chi connectivity index (χ2n) is 9.27. The van der Waals surface area contributed by atoms with Crippen molar-refractivity contribution in [2.24, 2.45) is 0 Å². The summed E-state index contributed by atoms with van der Waals surface area (Å²) in [5.74, 6) is -0.0601. The topological polar surface area (TPSA) is 119 Å². The number of carbonyl (C=O) groups is 3. The molecule has 0 spiro atoms. The molecule has 0 fully saturated rings. The van der Waals surface area contributed by atoms with E-state index in [1.807, 2.05) is 25.3 Å². The summed E-state index contributed by atoms with van der Waals surface area (Å²) < 4.78 is 10.8. The van der Waals surface area contributed by atoms with Crippen molar-refractivity contribution in [3.63, 3.8) is 0 Å². The molecule has 3 aromatic carbocycles. The van der Waals surface area contributed by atoms with Crippen molar-refractivity contribution in [1.29, 1.82) is 0 Å². The van der Waals surface area contributed by atoms with E-state index in [1.165, 1.54) is 30.2 Å². The third-order valence-corrected chi connectivity index (χ3v) is 8.39. The number of amides is 3. The van der Waals surface area contributed by atoms with Crippen molar-refractivity contribution >= 4 is 57.7 Å². The van der Waals surface area contributed by atoms with E-state index in [1.54, 1.807) is 79.9 Å². The molecule has 4 rings (SSSR count). The molecule has 222 valence electrons. The van der Waals surface area contributed by atoms with E-state index in [0.29, 0.717) is 39.9 Å². The third kappa shape index (κ3) is 8.69. The van der Waals surface area contributed by atoms with E-state index in [9.17, 15) is 14.4 Å². The van der Waals surface area contributed by atoms with E-state index >= 15 is 0 Å². The van der Waals surface area contributed by atoms with E-state index < -0.39 is 11.8 Å². The van der Waals surface area contributed by atoms with E-state index in [4.69, 9.17) is 9.47 Å². The molecule has 4 aromatic rings. The molecular formula is C32H32N4O5S2. The molecule has 0 saturated heterocycles. The van der Waals surface area contributed by atoms with Crippen molar-refractivity contribution in [2.75, 3.05) is 24.9 Å². The van der Waals surface area contributed by atoms with Crippen LogP contribution < -0.4 is 25.4 Å². The van der Waals surface area contributed by atoms with Crippen LogP contribution in [0.4, 0.5) is 10.8 Å². The van der Waals surface area contributed by atoms with Gasteiger partial charge < -0.3 is 25.4 Å². The molecule has 9 nitrogen and oxygen atoms in total. The Hall–Kier alpha value is -4.61. The number of rotatable bonds is 12. The van der Waals surface area contributed by atoms with Gasteiger partial charge >= 0.3 is 0 Å². The van der Waals surface area contributed by atoms with Crippen LogP contribution in [0.5, 0.6) is 11.5 Å². The number of nitrogens with one attached hydrogen (secondary N) is 3. The lowest BCUT2D eigenvalue weighted by Gasteiger charge is -2.15. The van der Waals surface area contributed by atoms with Crippen LogP contribution >= 0.6 is 23.1 Å². The number of hydrogen-bond acceptors (Lipinski definition) is 8. The monoisotopic (exact) mass is 616 g/mol. The fourth-order valence-corrected chi connectivity index (χ4v) is 5.67. The SMILES string of the molecule is CCC(Sc1cccc(NC(=O)/C(=C\c2ccc(OC)cc2OC)NC(=O)c2ccccc2)c1)C(=O)Nc1nc(C)cs1. The summed E-state index contributed by atoms with van der Waals surface area (Å²) in [6.07, 6.45) is 2.14. The predicted molar refractivity (Wildman–Crippen MR) is 172 cm³/mol. The Balaban J connectivity index is 1.55. The zero-order chi connectivity index (χ0) is 30.8. The summed E-state index contributed by atoms with van der Waals surface area (Å²) in [5, 5.41) is 10.6. The summed E-state index contributed by atoms with van der Waals surface area (Å²) in [6.45, 7) is 3.81. The number of aryl methyl sites for hydroxylation is 1. The fourth-order valence-electron chi connectivity index (χ4n) is 3.96. The molecule has 0 saturated carbocycles. The average molecular weight is 617 g/mol. The number of thiazole rings is 1. The molecule has 43 heavy (non-hydrogen) atoms. The molecule has 0 bridgehead atoms. The van der Waals surface area contributed by atoms with Gasteiger partial charge in [0.25, 0.3) is 11.8 Å². The number of anilines is 2. The van der Waals surface area contributed by atoms with Crippen molar-refractivity contribution < 1.29 is 23.9 Å². The highest BCUT2D eigenvalue weighted by atomic mass is 32.2. The molecule has 3 N–H and O–H groups in total. The number of methoxy groups -OCH3 is 2. The Kier molecular flexibility index (Phi) is 11.0. The maximum Gasteiger partial charge on any atom is 0.272 e. The standard InChI is InChI=1S/C32H32N4O5S2/c1-5-28(31(39)36-32-33-20(2)19-42-32)43-25-13-9-12-23(17-25)34-30(38)26(35-29(37)21-10-7-6-8-11-21)16-22-14-15-24(40-3)18-27(22)41-4/h6-19,28H,5H2,1-4H3,(H,34,38)(H,35,37)(H,33,36,39)/b26-16+. The molecule has 0 aliphatic rings. The van der Waals surface area contributed by atoms with E-state index in [0.717, 1.165) is 10.6 Å². The number of carbonyl (C=O) groups excluding carboxylic acids is 3. The first-order valence-corrected chi connectivity index (χ1v) is 15.2. The predicted octanol–water partition coefficient (Wildman–Crippen LogP) is 6.39. The highest BCUT2D eigenvalue weighted by Crippen LogP contribution is 2.30. The summed E-state index contributed by atoms with van der Waals surface area (Å²) in [6, 6.07) is 21.0. The molecule has 0 aliphatic carbocycles. The molecule has 0 aliphatic heterocycles. The van der Waals surface area contributed by atoms with Gasteiger partial charge in [-0.2, -0.15) is 0 Å². The average Bonchev–Trinajstić information content (AvgIpc) is 3.44. The van der Waals surface area contributed by atoms with Gasteiger partial charge in [0, 0.05) is 33.2 Å². The van der Waals surface area contributed by atoms with Crippen molar-refractivity contribution in [3.8, 4) is 11.5 Å². The first-order valence-electron chi connectivity index (χ1n) is 13.4. The smallest absolute Gasteiger partial charge is 0.272 e. The molecule has 0 radical (unpaired) electrons. The van der Waals surface area contributed by atoms with Gasteiger partial charge in [0.15, 0.2) is 5.13 Å². The molecule has 11 heteroatoms. The normalized spacial score (nSPS) is 11.8. The van der Waals surface area contributed by atoms with Crippen molar-refractivity contribution in [2.45, 2.75) is 30.4 Å². The van der Waals surface area contributed by atoms with Crippen LogP contribution in [0.25, 0.3) is 6.08 Å². The maximum atomic E-state index is 13.6. The van der Waals surface area contributed by atoms with Gasteiger partial charge in [-0.15, -0.1) is 23.1 Å². The Morgan fingerprint density at radius 1 is 0.977 bits per heavy atom. The quantitative estimate of drug-likeness (QED) is 0.125. The zero-order valence-electron chi connectivity index (χ0n) is 24.2. The highest BCUT2D eigenvalue weighted by Gasteiger charge is 2.20.